The van der Waals surface area contributed by atoms with E-state index in [1.54, 1.807) is 7.11 Å². The molecule has 1 aromatic heterocycles. The molecule has 0 bridgehead atoms. The average molecular weight is 297 g/mol. The fourth-order valence-corrected chi connectivity index (χ4v) is 3.02. The Labute approximate surface area is 132 Å². The minimum absolute atomic E-state index is 0.567. The molecule has 2 aromatic rings. The van der Waals surface area contributed by atoms with Gasteiger partial charge in [-0.3, -0.25) is 0 Å². The van der Waals surface area contributed by atoms with E-state index < -0.39 is 0 Å². The molecular weight excluding hydrogens is 274 g/mol. The predicted molar refractivity (Wildman–Crippen MR) is 87.4 cm³/mol. The monoisotopic (exact) mass is 297 g/mol. The van der Waals surface area contributed by atoms with Gasteiger partial charge in [-0.05, 0) is 56.6 Å². The molecule has 1 N–H and O–H groups in total. The van der Waals surface area contributed by atoms with Crippen LogP contribution in [0.4, 0.5) is 0 Å². The van der Waals surface area contributed by atoms with Crippen molar-refractivity contribution >= 4 is 0 Å². The third-order valence-electron chi connectivity index (χ3n) is 4.21. The van der Waals surface area contributed by atoms with Gasteiger partial charge in [0.1, 0.15) is 11.6 Å². The molecule has 0 spiro atoms. The largest absolute Gasteiger partial charge is 0.497 e. The number of hydrogen-bond donors (Lipinski definition) is 1. The lowest BCUT2D eigenvalue weighted by Gasteiger charge is -2.22. The van der Waals surface area contributed by atoms with Crippen molar-refractivity contribution in [2.75, 3.05) is 20.2 Å². The highest BCUT2D eigenvalue weighted by Gasteiger charge is 2.17. The van der Waals surface area contributed by atoms with Gasteiger partial charge in [-0.1, -0.05) is 12.1 Å². The Morgan fingerprint density at radius 1 is 1.14 bits per heavy atom. The van der Waals surface area contributed by atoms with Gasteiger partial charge in [0, 0.05) is 23.7 Å². The zero-order valence-electron chi connectivity index (χ0n) is 13.3. The molecule has 0 atom stereocenters. The maximum absolute atomic E-state index is 5.21. The van der Waals surface area contributed by atoms with Crippen LogP contribution in [0.25, 0.3) is 0 Å². The smallest absolute Gasteiger partial charge is 0.125 e. The number of nitrogens with one attached hydrogen (secondary N) is 1. The Bertz CT molecular complexity index is 619. The molecule has 116 valence electrons. The summed E-state index contributed by atoms with van der Waals surface area (Å²) in [5, 5.41) is 3.41. The van der Waals surface area contributed by atoms with Gasteiger partial charge in [-0.2, -0.15) is 0 Å². The highest BCUT2D eigenvalue weighted by Crippen LogP contribution is 2.24. The maximum Gasteiger partial charge on any atom is 0.125 e. The first-order chi connectivity index (χ1) is 10.7. The highest BCUT2D eigenvalue weighted by molar-refractivity contribution is 5.30. The van der Waals surface area contributed by atoms with Crippen LogP contribution >= 0.6 is 0 Å². The summed E-state index contributed by atoms with van der Waals surface area (Å²) in [6.45, 7) is 4.16. The zero-order chi connectivity index (χ0) is 15.4. The van der Waals surface area contributed by atoms with Crippen LogP contribution < -0.4 is 10.1 Å². The highest BCUT2D eigenvalue weighted by atomic mass is 16.5. The summed E-state index contributed by atoms with van der Waals surface area (Å²) in [7, 11) is 1.69. The summed E-state index contributed by atoms with van der Waals surface area (Å²) in [5.41, 5.74) is 3.55. The minimum atomic E-state index is 0.567. The standard InChI is InChI=1S/C18H23N3O/c1-13-20-16(11-14-3-5-17(22-2)6-4-14)12-18(21-13)15-7-9-19-10-8-15/h3-6,12,15,19H,7-11H2,1-2H3. The molecule has 0 unspecified atom stereocenters. The van der Waals surface area contributed by atoms with Crippen molar-refractivity contribution in [2.24, 2.45) is 0 Å². The Morgan fingerprint density at radius 2 is 1.86 bits per heavy atom. The Hall–Kier alpha value is -1.94. The minimum Gasteiger partial charge on any atom is -0.497 e. The van der Waals surface area contributed by atoms with E-state index in [2.05, 4.69) is 33.5 Å². The molecule has 22 heavy (non-hydrogen) atoms. The summed E-state index contributed by atoms with van der Waals surface area (Å²) >= 11 is 0. The number of methoxy groups -OCH3 is 1. The third-order valence-corrected chi connectivity index (χ3v) is 4.21. The molecule has 1 aliphatic heterocycles. The first-order valence-corrected chi connectivity index (χ1v) is 7.92. The lowest BCUT2D eigenvalue weighted by atomic mass is 9.93. The molecular formula is C18H23N3O. The van der Waals surface area contributed by atoms with Crippen LogP contribution in [0.5, 0.6) is 5.75 Å². The number of piperidine rings is 1. The predicted octanol–water partition coefficient (Wildman–Crippen LogP) is 2.85. The molecule has 0 radical (unpaired) electrons. The van der Waals surface area contributed by atoms with E-state index in [0.29, 0.717) is 5.92 Å². The van der Waals surface area contributed by atoms with Crippen LogP contribution in [0.1, 0.15) is 41.5 Å². The molecule has 3 rings (SSSR count). The fourth-order valence-electron chi connectivity index (χ4n) is 3.02. The molecule has 0 amide bonds. The Morgan fingerprint density at radius 3 is 2.55 bits per heavy atom. The van der Waals surface area contributed by atoms with E-state index >= 15 is 0 Å². The van der Waals surface area contributed by atoms with Gasteiger partial charge >= 0.3 is 0 Å². The summed E-state index contributed by atoms with van der Waals surface area (Å²) in [5.74, 6) is 2.33. The first-order valence-electron chi connectivity index (χ1n) is 7.92. The van der Waals surface area contributed by atoms with Crippen LogP contribution in [-0.2, 0) is 6.42 Å². The number of rotatable bonds is 4. The Kier molecular flexibility index (Phi) is 4.68. The fraction of sp³-hybridized carbons (Fsp3) is 0.444. The second-order valence-corrected chi connectivity index (χ2v) is 5.88. The van der Waals surface area contributed by atoms with E-state index in [-0.39, 0.29) is 0 Å². The van der Waals surface area contributed by atoms with Crippen LogP contribution in [0, 0.1) is 6.92 Å². The number of aryl methyl sites for hydroxylation is 1. The van der Waals surface area contributed by atoms with Crippen molar-refractivity contribution in [3.05, 3.63) is 53.1 Å². The van der Waals surface area contributed by atoms with Gasteiger partial charge in [0.25, 0.3) is 0 Å². The molecule has 4 nitrogen and oxygen atoms in total. The molecule has 2 heterocycles. The normalized spacial score (nSPS) is 15.7. The number of nitrogens with zero attached hydrogens (tertiary/aromatic N) is 2. The van der Waals surface area contributed by atoms with Crippen LogP contribution in [0.3, 0.4) is 0 Å². The van der Waals surface area contributed by atoms with Gasteiger partial charge < -0.3 is 10.1 Å². The van der Waals surface area contributed by atoms with E-state index in [9.17, 15) is 0 Å². The van der Waals surface area contributed by atoms with Crippen molar-refractivity contribution in [3.63, 3.8) is 0 Å². The first kappa shape index (κ1) is 15.0. The quantitative estimate of drug-likeness (QED) is 0.942. The number of hydrogen-bond acceptors (Lipinski definition) is 4. The van der Waals surface area contributed by atoms with E-state index in [1.165, 1.54) is 24.1 Å². The van der Waals surface area contributed by atoms with Crippen molar-refractivity contribution in [1.82, 2.24) is 15.3 Å². The van der Waals surface area contributed by atoms with Crippen LogP contribution in [0.15, 0.2) is 30.3 Å². The van der Waals surface area contributed by atoms with Crippen molar-refractivity contribution in [1.29, 1.82) is 0 Å². The van der Waals surface area contributed by atoms with Gasteiger partial charge in [-0.15, -0.1) is 0 Å². The van der Waals surface area contributed by atoms with E-state index in [1.807, 2.05) is 19.1 Å². The van der Waals surface area contributed by atoms with Crippen LogP contribution in [-0.4, -0.2) is 30.2 Å². The topological polar surface area (TPSA) is 47.0 Å². The Balaban J connectivity index is 1.79. The second kappa shape index (κ2) is 6.88. The summed E-state index contributed by atoms with van der Waals surface area (Å²) < 4.78 is 5.21. The molecule has 0 saturated carbocycles. The van der Waals surface area contributed by atoms with Gasteiger partial charge in [0.05, 0.1) is 7.11 Å². The number of ether oxygens (including phenoxy) is 1. The summed E-state index contributed by atoms with van der Waals surface area (Å²) in [6, 6.07) is 10.4. The van der Waals surface area contributed by atoms with Crippen molar-refractivity contribution < 1.29 is 4.74 Å². The lowest BCUT2D eigenvalue weighted by molar-refractivity contribution is 0.414. The van der Waals surface area contributed by atoms with Crippen molar-refractivity contribution in [3.8, 4) is 5.75 Å². The molecule has 0 aliphatic carbocycles. The number of aromatic nitrogens is 2. The van der Waals surface area contributed by atoms with Crippen molar-refractivity contribution in [2.45, 2.75) is 32.1 Å². The van der Waals surface area contributed by atoms with Gasteiger partial charge in [0.2, 0.25) is 0 Å². The van der Waals surface area contributed by atoms with E-state index in [0.717, 1.165) is 36.8 Å². The molecule has 1 saturated heterocycles. The lowest BCUT2D eigenvalue weighted by Crippen LogP contribution is -2.27. The van der Waals surface area contributed by atoms with Gasteiger partial charge in [0.15, 0.2) is 0 Å². The van der Waals surface area contributed by atoms with E-state index in [4.69, 9.17) is 4.74 Å². The summed E-state index contributed by atoms with van der Waals surface area (Å²) in [6.07, 6.45) is 3.17. The SMILES string of the molecule is COc1ccc(Cc2cc(C3CCNCC3)nc(C)n2)cc1. The zero-order valence-corrected chi connectivity index (χ0v) is 13.3. The summed E-state index contributed by atoms with van der Waals surface area (Å²) in [4.78, 5) is 9.28. The molecule has 1 aromatic carbocycles. The molecule has 1 aliphatic rings. The second-order valence-electron chi connectivity index (χ2n) is 5.88. The number of benzene rings is 1. The van der Waals surface area contributed by atoms with Crippen LogP contribution in [0.2, 0.25) is 0 Å². The average Bonchev–Trinajstić information content (AvgIpc) is 2.56. The maximum atomic E-state index is 5.21. The molecule has 4 heteroatoms. The molecule has 1 fully saturated rings. The van der Waals surface area contributed by atoms with Gasteiger partial charge in [-0.25, -0.2) is 9.97 Å². The third kappa shape index (κ3) is 3.63.